The van der Waals surface area contributed by atoms with E-state index in [-0.39, 0.29) is 18.1 Å². The monoisotopic (exact) mass is 457 g/mol. The molecule has 0 bridgehead atoms. The second-order valence-electron chi connectivity index (χ2n) is 8.19. The van der Waals surface area contributed by atoms with E-state index in [4.69, 9.17) is 16.3 Å². The van der Waals surface area contributed by atoms with Crippen molar-refractivity contribution < 1.29 is 14.3 Å². The van der Waals surface area contributed by atoms with Gasteiger partial charge in [-0.05, 0) is 24.6 Å². The number of benzene rings is 2. The number of ether oxygens (including phenoxy) is 1. The van der Waals surface area contributed by atoms with Crippen molar-refractivity contribution in [3.8, 4) is 5.75 Å². The first kappa shape index (κ1) is 25.9. The molecule has 0 saturated carbocycles. The predicted molar refractivity (Wildman–Crippen MR) is 133 cm³/mol. The standard InChI is InChI=1S/C27H36ClNO3/c1-2-3-4-5-6-7-8-9-10-14-19-32-26-18-17-23(28)20-24(26)29-27(31)21-25(30)22-15-12-11-13-16-22/h11-13,15-18,20H,2-10,14,19,21H2,1H3,(H,29,31). The van der Waals surface area contributed by atoms with Crippen LogP contribution in [0.15, 0.2) is 48.5 Å². The summed E-state index contributed by atoms with van der Waals surface area (Å²) in [6.45, 7) is 2.83. The fourth-order valence-corrected chi connectivity index (χ4v) is 3.74. The number of rotatable bonds is 16. The average Bonchev–Trinajstić information content (AvgIpc) is 2.79. The maximum Gasteiger partial charge on any atom is 0.232 e. The van der Waals surface area contributed by atoms with Crippen molar-refractivity contribution in [2.45, 2.75) is 77.6 Å². The minimum absolute atomic E-state index is 0.224. The maximum absolute atomic E-state index is 12.4. The van der Waals surface area contributed by atoms with E-state index in [0.29, 0.717) is 28.6 Å². The van der Waals surface area contributed by atoms with Gasteiger partial charge in [-0.15, -0.1) is 0 Å². The summed E-state index contributed by atoms with van der Waals surface area (Å²) in [5.41, 5.74) is 1.02. The second-order valence-corrected chi connectivity index (χ2v) is 8.62. The third kappa shape index (κ3) is 10.3. The molecule has 0 heterocycles. The van der Waals surface area contributed by atoms with Gasteiger partial charge in [-0.25, -0.2) is 0 Å². The van der Waals surface area contributed by atoms with Gasteiger partial charge in [-0.3, -0.25) is 9.59 Å². The van der Waals surface area contributed by atoms with Crippen LogP contribution >= 0.6 is 11.6 Å². The maximum atomic E-state index is 12.4. The van der Waals surface area contributed by atoms with E-state index >= 15 is 0 Å². The molecule has 32 heavy (non-hydrogen) atoms. The highest BCUT2D eigenvalue weighted by molar-refractivity contribution is 6.31. The number of amides is 1. The lowest BCUT2D eigenvalue weighted by molar-refractivity contribution is -0.115. The fourth-order valence-electron chi connectivity index (χ4n) is 3.56. The number of carbonyl (C=O) groups is 2. The van der Waals surface area contributed by atoms with Crippen molar-refractivity contribution in [3.63, 3.8) is 0 Å². The van der Waals surface area contributed by atoms with Crippen LogP contribution in [0, 0.1) is 0 Å². The molecule has 1 N–H and O–H groups in total. The first-order valence-corrected chi connectivity index (χ1v) is 12.3. The Kier molecular flexibility index (Phi) is 12.5. The van der Waals surface area contributed by atoms with Gasteiger partial charge in [0.15, 0.2) is 5.78 Å². The SMILES string of the molecule is CCCCCCCCCCCCOc1ccc(Cl)cc1NC(=O)CC(=O)c1ccccc1. The molecule has 2 aromatic rings. The summed E-state index contributed by atoms with van der Waals surface area (Å²) in [6, 6.07) is 13.9. The molecule has 0 unspecified atom stereocenters. The van der Waals surface area contributed by atoms with Crippen LogP contribution < -0.4 is 10.1 Å². The van der Waals surface area contributed by atoms with Gasteiger partial charge in [0, 0.05) is 10.6 Å². The molecule has 0 radical (unpaired) electrons. The Balaban J connectivity index is 1.71. The van der Waals surface area contributed by atoms with Gasteiger partial charge in [-0.1, -0.05) is 107 Å². The Morgan fingerprint density at radius 2 is 1.47 bits per heavy atom. The Bertz CT molecular complexity index is 823. The van der Waals surface area contributed by atoms with Crippen LogP contribution in [0.3, 0.4) is 0 Å². The molecule has 1 amide bonds. The molecule has 0 aromatic heterocycles. The molecule has 2 rings (SSSR count). The van der Waals surface area contributed by atoms with Gasteiger partial charge < -0.3 is 10.1 Å². The summed E-state index contributed by atoms with van der Waals surface area (Å²) in [5.74, 6) is -0.0336. The zero-order valence-electron chi connectivity index (χ0n) is 19.2. The summed E-state index contributed by atoms with van der Waals surface area (Å²) in [6.07, 6.45) is 12.4. The quantitative estimate of drug-likeness (QED) is 0.158. The van der Waals surface area contributed by atoms with Crippen LogP contribution in [0.5, 0.6) is 5.75 Å². The van der Waals surface area contributed by atoms with Gasteiger partial charge in [0.25, 0.3) is 0 Å². The Hall–Kier alpha value is -2.33. The number of anilines is 1. The molecular weight excluding hydrogens is 422 g/mol. The molecule has 0 fully saturated rings. The third-order valence-electron chi connectivity index (χ3n) is 5.39. The minimum atomic E-state index is -0.384. The minimum Gasteiger partial charge on any atom is -0.491 e. The Labute approximate surface area is 197 Å². The Morgan fingerprint density at radius 1 is 0.844 bits per heavy atom. The molecule has 0 saturated heterocycles. The zero-order valence-corrected chi connectivity index (χ0v) is 20.0. The first-order chi connectivity index (χ1) is 15.6. The zero-order chi connectivity index (χ0) is 23.0. The van der Waals surface area contributed by atoms with Crippen molar-refractivity contribution in [2.24, 2.45) is 0 Å². The molecule has 0 atom stereocenters. The lowest BCUT2D eigenvalue weighted by Gasteiger charge is -2.13. The van der Waals surface area contributed by atoms with Crippen LogP contribution in [0.2, 0.25) is 5.02 Å². The van der Waals surface area contributed by atoms with Crippen LogP contribution in [-0.2, 0) is 4.79 Å². The van der Waals surface area contributed by atoms with E-state index in [1.54, 1.807) is 42.5 Å². The number of ketones is 1. The topological polar surface area (TPSA) is 55.4 Å². The number of hydrogen-bond donors (Lipinski definition) is 1. The number of carbonyl (C=O) groups excluding carboxylic acids is 2. The average molecular weight is 458 g/mol. The van der Waals surface area contributed by atoms with Gasteiger partial charge in [0.1, 0.15) is 5.75 Å². The van der Waals surface area contributed by atoms with Gasteiger partial charge in [0.2, 0.25) is 5.91 Å². The fraction of sp³-hybridized carbons (Fsp3) is 0.481. The molecule has 2 aromatic carbocycles. The van der Waals surface area contributed by atoms with E-state index in [0.717, 1.165) is 12.8 Å². The molecule has 0 aliphatic rings. The molecule has 0 aliphatic carbocycles. The van der Waals surface area contributed by atoms with E-state index in [9.17, 15) is 9.59 Å². The number of Topliss-reactive ketones (excluding diaryl/α,β-unsaturated/α-hetero) is 1. The van der Waals surface area contributed by atoms with Crippen LogP contribution in [0.25, 0.3) is 0 Å². The lowest BCUT2D eigenvalue weighted by atomic mass is 10.1. The van der Waals surface area contributed by atoms with Crippen LogP contribution in [0.1, 0.15) is 87.9 Å². The van der Waals surface area contributed by atoms with Gasteiger partial charge in [0.05, 0.1) is 18.7 Å². The van der Waals surface area contributed by atoms with Gasteiger partial charge >= 0.3 is 0 Å². The number of nitrogens with one attached hydrogen (secondary N) is 1. The van der Waals surface area contributed by atoms with E-state index in [1.807, 2.05) is 6.07 Å². The van der Waals surface area contributed by atoms with Crippen LogP contribution in [-0.4, -0.2) is 18.3 Å². The van der Waals surface area contributed by atoms with Gasteiger partial charge in [-0.2, -0.15) is 0 Å². The van der Waals surface area contributed by atoms with Crippen LogP contribution in [0.4, 0.5) is 5.69 Å². The number of halogens is 1. The van der Waals surface area contributed by atoms with E-state index in [1.165, 1.54) is 51.4 Å². The Morgan fingerprint density at radius 3 is 2.12 bits per heavy atom. The van der Waals surface area contributed by atoms with E-state index in [2.05, 4.69) is 12.2 Å². The largest absolute Gasteiger partial charge is 0.491 e. The van der Waals surface area contributed by atoms with Crippen molar-refractivity contribution in [1.29, 1.82) is 0 Å². The second kappa shape index (κ2) is 15.5. The highest BCUT2D eigenvalue weighted by atomic mass is 35.5. The first-order valence-electron chi connectivity index (χ1n) is 11.9. The highest BCUT2D eigenvalue weighted by Gasteiger charge is 2.14. The number of hydrogen-bond acceptors (Lipinski definition) is 3. The van der Waals surface area contributed by atoms with Crippen molar-refractivity contribution in [3.05, 3.63) is 59.1 Å². The molecule has 174 valence electrons. The summed E-state index contributed by atoms with van der Waals surface area (Å²) >= 11 is 6.10. The molecule has 4 nitrogen and oxygen atoms in total. The number of unbranched alkanes of at least 4 members (excludes halogenated alkanes) is 9. The molecule has 5 heteroatoms. The van der Waals surface area contributed by atoms with Crippen molar-refractivity contribution in [1.82, 2.24) is 0 Å². The summed E-state index contributed by atoms with van der Waals surface area (Å²) in [4.78, 5) is 24.7. The predicted octanol–water partition coefficient (Wildman–Crippen LogP) is 7.85. The molecule has 0 spiro atoms. The summed E-state index contributed by atoms with van der Waals surface area (Å²) in [5, 5.41) is 3.27. The summed E-state index contributed by atoms with van der Waals surface area (Å²) < 4.78 is 5.90. The van der Waals surface area contributed by atoms with Crippen molar-refractivity contribution >= 4 is 29.0 Å². The highest BCUT2D eigenvalue weighted by Crippen LogP contribution is 2.28. The smallest absolute Gasteiger partial charge is 0.232 e. The molecule has 0 aliphatic heterocycles. The summed E-state index contributed by atoms with van der Waals surface area (Å²) in [7, 11) is 0. The normalized spacial score (nSPS) is 10.7. The third-order valence-corrected chi connectivity index (χ3v) is 5.62. The molecular formula is C27H36ClNO3. The lowest BCUT2D eigenvalue weighted by Crippen LogP contribution is -2.17. The van der Waals surface area contributed by atoms with E-state index < -0.39 is 0 Å². The van der Waals surface area contributed by atoms with Crippen molar-refractivity contribution in [2.75, 3.05) is 11.9 Å².